The molecule has 29 heavy (non-hydrogen) atoms. The second-order valence-corrected chi connectivity index (χ2v) is 7.13. The van der Waals surface area contributed by atoms with Crippen molar-refractivity contribution in [3.8, 4) is 22.8 Å². The van der Waals surface area contributed by atoms with Gasteiger partial charge in [-0.25, -0.2) is 4.68 Å². The van der Waals surface area contributed by atoms with Gasteiger partial charge in [0.1, 0.15) is 5.75 Å². The Labute approximate surface area is 168 Å². The minimum absolute atomic E-state index is 0.622. The molecule has 0 saturated heterocycles. The van der Waals surface area contributed by atoms with Crippen molar-refractivity contribution >= 4 is 23.1 Å². The number of hydrogen-bond acceptors (Lipinski definition) is 4. The molecule has 1 N–H and O–H groups in total. The molecule has 0 amide bonds. The van der Waals surface area contributed by atoms with E-state index in [-0.39, 0.29) is 0 Å². The van der Waals surface area contributed by atoms with E-state index < -0.39 is 0 Å². The van der Waals surface area contributed by atoms with Gasteiger partial charge in [0, 0.05) is 18.0 Å². The number of hydrogen-bond donors (Lipinski definition) is 1. The number of aromatic amines is 1. The van der Waals surface area contributed by atoms with Crippen LogP contribution in [0.4, 0.5) is 0 Å². The van der Waals surface area contributed by atoms with Crippen LogP contribution in [0.1, 0.15) is 24.1 Å². The van der Waals surface area contributed by atoms with E-state index in [1.54, 1.807) is 4.68 Å². The van der Waals surface area contributed by atoms with E-state index in [4.69, 9.17) is 9.47 Å². The van der Waals surface area contributed by atoms with Gasteiger partial charge in [-0.3, -0.25) is 5.10 Å². The summed E-state index contributed by atoms with van der Waals surface area (Å²) in [4.78, 5) is 0. The summed E-state index contributed by atoms with van der Waals surface area (Å²) >= 11 is 0. The van der Waals surface area contributed by atoms with E-state index >= 15 is 0 Å². The predicted molar refractivity (Wildman–Crippen MR) is 114 cm³/mol. The molecule has 6 heteroatoms. The number of ether oxygens (including phenoxy) is 2. The van der Waals surface area contributed by atoms with Crippen LogP contribution < -0.4 is 9.47 Å². The quantitative estimate of drug-likeness (QED) is 0.476. The first kappa shape index (κ1) is 17.6. The van der Waals surface area contributed by atoms with Gasteiger partial charge in [-0.1, -0.05) is 24.3 Å². The summed E-state index contributed by atoms with van der Waals surface area (Å²) in [6.07, 6.45) is 7.80. The Morgan fingerprint density at radius 1 is 1.00 bits per heavy atom. The summed E-state index contributed by atoms with van der Waals surface area (Å²) in [5, 5.41) is 13.0. The van der Waals surface area contributed by atoms with E-state index in [0.29, 0.717) is 13.2 Å². The number of H-pyrrole nitrogens is 1. The highest BCUT2D eigenvalue weighted by atomic mass is 16.5. The van der Waals surface area contributed by atoms with Crippen LogP contribution in [-0.4, -0.2) is 33.2 Å². The Balaban J connectivity index is 1.63. The summed E-state index contributed by atoms with van der Waals surface area (Å²) in [6.45, 7) is 1.27. The van der Waals surface area contributed by atoms with E-state index in [0.717, 1.165) is 57.8 Å². The zero-order valence-electron chi connectivity index (χ0n) is 16.3. The molecule has 0 unspecified atom stereocenters. The Morgan fingerprint density at radius 2 is 1.86 bits per heavy atom. The largest absolute Gasteiger partial charge is 0.493 e. The second kappa shape index (κ2) is 7.47. The lowest BCUT2D eigenvalue weighted by atomic mass is 10.0. The van der Waals surface area contributed by atoms with Crippen molar-refractivity contribution in [2.75, 3.05) is 13.2 Å². The average molecular weight is 386 g/mol. The Kier molecular flexibility index (Phi) is 4.52. The number of aryl methyl sites for hydroxylation is 1. The van der Waals surface area contributed by atoms with Crippen molar-refractivity contribution in [1.82, 2.24) is 20.0 Å². The van der Waals surface area contributed by atoms with Crippen molar-refractivity contribution in [1.29, 1.82) is 0 Å². The molecule has 1 aliphatic rings. The van der Waals surface area contributed by atoms with Crippen LogP contribution in [0.3, 0.4) is 0 Å². The highest BCUT2D eigenvalue weighted by Crippen LogP contribution is 2.33. The highest BCUT2D eigenvalue weighted by Gasteiger charge is 2.14. The molecular formula is C23H22N4O2. The molecule has 0 fully saturated rings. The number of rotatable bonds is 0. The minimum atomic E-state index is 0.622. The van der Waals surface area contributed by atoms with Crippen LogP contribution in [0.5, 0.6) is 11.6 Å². The van der Waals surface area contributed by atoms with Crippen molar-refractivity contribution in [2.45, 2.75) is 12.8 Å². The van der Waals surface area contributed by atoms with Crippen LogP contribution in [0.25, 0.3) is 34.2 Å². The van der Waals surface area contributed by atoms with Gasteiger partial charge < -0.3 is 9.47 Å². The summed E-state index contributed by atoms with van der Waals surface area (Å²) in [5.74, 6) is 1.67. The number of benzene rings is 2. The fourth-order valence-corrected chi connectivity index (χ4v) is 3.60. The molecule has 1 aliphatic heterocycles. The molecule has 2 bridgehead atoms. The van der Waals surface area contributed by atoms with Crippen molar-refractivity contribution in [2.24, 2.45) is 7.05 Å². The summed E-state index contributed by atoms with van der Waals surface area (Å²) < 4.78 is 13.9. The molecule has 0 spiro atoms. The Bertz CT molecular complexity index is 1190. The molecule has 0 saturated carbocycles. The number of para-hydroxylation sites is 1. The fraction of sp³-hybridized carbons (Fsp3) is 0.217. The third kappa shape index (κ3) is 3.38. The average Bonchev–Trinajstić information content (AvgIpc) is 3.32. The van der Waals surface area contributed by atoms with Crippen molar-refractivity contribution in [3.05, 3.63) is 59.9 Å². The molecule has 6 nitrogen and oxygen atoms in total. The molecule has 3 heterocycles. The van der Waals surface area contributed by atoms with Crippen molar-refractivity contribution in [3.63, 3.8) is 0 Å². The first-order chi connectivity index (χ1) is 14.3. The topological polar surface area (TPSA) is 65.0 Å². The molecule has 0 radical (unpaired) electrons. The van der Waals surface area contributed by atoms with Gasteiger partial charge in [0.2, 0.25) is 5.88 Å². The third-order valence-electron chi connectivity index (χ3n) is 5.16. The SMILES string of the molecule is Cn1ncc2c1OCCCCOc1ccccc1/C=C/c1[nH]nc3ccc-2cc13. The summed E-state index contributed by atoms with van der Waals surface area (Å²) in [6, 6.07) is 14.3. The van der Waals surface area contributed by atoms with E-state index in [2.05, 4.69) is 39.6 Å². The molecule has 4 aromatic rings. The van der Waals surface area contributed by atoms with Crippen LogP contribution in [-0.2, 0) is 7.05 Å². The minimum Gasteiger partial charge on any atom is -0.493 e. The Hall–Kier alpha value is -3.54. The van der Waals surface area contributed by atoms with E-state index in [1.165, 1.54) is 0 Å². The lowest BCUT2D eigenvalue weighted by Crippen LogP contribution is -2.06. The van der Waals surface area contributed by atoms with E-state index in [9.17, 15) is 0 Å². The zero-order valence-corrected chi connectivity index (χ0v) is 16.3. The monoisotopic (exact) mass is 386 g/mol. The Morgan fingerprint density at radius 3 is 2.79 bits per heavy atom. The smallest absolute Gasteiger partial charge is 0.219 e. The van der Waals surface area contributed by atoms with Crippen LogP contribution >= 0.6 is 0 Å². The zero-order chi connectivity index (χ0) is 19.6. The van der Waals surface area contributed by atoms with Gasteiger partial charge >= 0.3 is 0 Å². The van der Waals surface area contributed by atoms with Crippen LogP contribution in [0, 0.1) is 0 Å². The van der Waals surface area contributed by atoms with Crippen LogP contribution in [0.2, 0.25) is 0 Å². The maximum Gasteiger partial charge on any atom is 0.219 e. The highest BCUT2D eigenvalue weighted by molar-refractivity contribution is 5.93. The van der Waals surface area contributed by atoms with Gasteiger partial charge in [0.05, 0.1) is 36.2 Å². The fourth-order valence-electron chi connectivity index (χ4n) is 3.60. The van der Waals surface area contributed by atoms with Gasteiger partial charge in [-0.2, -0.15) is 10.2 Å². The normalized spacial score (nSPS) is 15.3. The first-order valence-electron chi connectivity index (χ1n) is 9.83. The van der Waals surface area contributed by atoms with Gasteiger partial charge in [0.15, 0.2) is 0 Å². The van der Waals surface area contributed by atoms with Gasteiger partial charge in [-0.05, 0) is 48.8 Å². The lowest BCUT2D eigenvalue weighted by Gasteiger charge is -2.11. The van der Waals surface area contributed by atoms with Crippen molar-refractivity contribution < 1.29 is 9.47 Å². The molecule has 0 atom stereocenters. The summed E-state index contributed by atoms with van der Waals surface area (Å²) in [5.41, 5.74) is 4.97. The maximum atomic E-state index is 6.08. The molecule has 2 aromatic carbocycles. The lowest BCUT2D eigenvalue weighted by molar-refractivity contribution is 0.254. The van der Waals surface area contributed by atoms with Gasteiger partial charge in [0.25, 0.3) is 0 Å². The van der Waals surface area contributed by atoms with Crippen LogP contribution in [0.15, 0.2) is 48.7 Å². The molecular weight excluding hydrogens is 364 g/mol. The van der Waals surface area contributed by atoms with Gasteiger partial charge in [-0.15, -0.1) is 0 Å². The van der Waals surface area contributed by atoms with E-state index in [1.807, 2.05) is 43.6 Å². The molecule has 2 aromatic heterocycles. The standard InChI is InChI=1S/C23H22N4O2/c1-27-23-19(15-24-27)17-9-11-21-18(14-17)20(25-26-21)10-8-16-6-2-3-7-22(16)28-12-4-5-13-29-23/h2-3,6-11,14-15H,4-5,12-13H2,1H3,(H,25,26)/b10-8+. The molecule has 0 aliphatic carbocycles. The number of nitrogens with zero attached hydrogens (tertiary/aromatic N) is 3. The third-order valence-corrected chi connectivity index (χ3v) is 5.16. The number of aromatic nitrogens is 4. The molecule has 146 valence electrons. The first-order valence-corrected chi connectivity index (χ1v) is 9.83. The summed E-state index contributed by atoms with van der Waals surface area (Å²) in [7, 11) is 1.90. The molecule has 5 rings (SSSR count). The maximum absolute atomic E-state index is 6.08. The number of nitrogens with one attached hydrogen (secondary N) is 1. The number of fused-ring (bicyclic) bond motifs is 4. The second-order valence-electron chi connectivity index (χ2n) is 7.13. The predicted octanol–water partition coefficient (Wildman–Crippen LogP) is 4.69.